The van der Waals surface area contributed by atoms with Gasteiger partial charge in [0, 0.05) is 24.6 Å². The van der Waals surface area contributed by atoms with E-state index in [9.17, 15) is 28.1 Å². The van der Waals surface area contributed by atoms with Crippen LogP contribution in [0.25, 0.3) is 0 Å². The van der Waals surface area contributed by atoms with Gasteiger partial charge >= 0.3 is 6.18 Å². The molecule has 1 rings (SSSR count). The summed E-state index contributed by atoms with van der Waals surface area (Å²) >= 11 is 0. The van der Waals surface area contributed by atoms with Gasteiger partial charge in [-0.05, 0) is 18.6 Å². The summed E-state index contributed by atoms with van der Waals surface area (Å²) in [5, 5.41) is 13.3. The van der Waals surface area contributed by atoms with Crippen LogP contribution >= 0.6 is 0 Å². The minimum Gasteiger partial charge on any atom is -0.379 e. The number of nitrogens with one attached hydrogen (secondary N) is 1. The molecule has 1 N–H and O–H groups in total. The van der Waals surface area contributed by atoms with Crippen molar-refractivity contribution in [2.45, 2.75) is 19.0 Å². The van der Waals surface area contributed by atoms with Gasteiger partial charge in [0.05, 0.1) is 4.92 Å². The van der Waals surface area contributed by atoms with Crippen molar-refractivity contribution in [3.05, 3.63) is 33.9 Å². The summed E-state index contributed by atoms with van der Waals surface area (Å²) in [5.41, 5.74) is -0.109. The zero-order valence-electron chi connectivity index (χ0n) is 9.74. The Kier molecular flexibility index (Phi) is 4.85. The van der Waals surface area contributed by atoms with Gasteiger partial charge in [-0.3, -0.25) is 14.9 Å². The number of nitrogens with zero attached hydrogens (tertiary/aromatic N) is 1. The van der Waals surface area contributed by atoms with Crippen LogP contribution in [0, 0.1) is 10.1 Å². The fourth-order valence-electron chi connectivity index (χ4n) is 1.43. The van der Waals surface area contributed by atoms with Crippen molar-refractivity contribution in [2.24, 2.45) is 0 Å². The molecule has 8 heteroatoms. The second-order valence-electron chi connectivity index (χ2n) is 3.80. The Bertz CT molecular complexity index is 475. The number of nitro groups is 1. The third kappa shape index (κ3) is 4.94. The van der Waals surface area contributed by atoms with Gasteiger partial charge < -0.3 is 5.32 Å². The van der Waals surface area contributed by atoms with Crippen molar-refractivity contribution in [1.82, 2.24) is 0 Å². The minimum absolute atomic E-state index is 0.0409. The fourth-order valence-corrected chi connectivity index (χ4v) is 1.43. The second kappa shape index (κ2) is 6.17. The molecule has 0 heterocycles. The van der Waals surface area contributed by atoms with Gasteiger partial charge in [-0.15, -0.1) is 0 Å². The van der Waals surface area contributed by atoms with E-state index in [1.54, 1.807) is 0 Å². The highest BCUT2D eigenvalue weighted by Gasteiger charge is 2.26. The monoisotopic (exact) mass is 276 g/mol. The molecule has 1 aromatic rings. The van der Waals surface area contributed by atoms with Crippen LogP contribution in [0.1, 0.15) is 23.2 Å². The number of aldehydes is 1. The molecular weight excluding hydrogens is 265 g/mol. The highest BCUT2D eigenvalue weighted by molar-refractivity contribution is 5.79. The summed E-state index contributed by atoms with van der Waals surface area (Å²) in [5.74, 6) is 0. The molecule has 0 bridgehead atoms. The standard InChI is InChI=1S/C11H11F3N2O3/c12-11(13,14)4-1-5-15-9-3-2-8(7-17)6-10(9)16(18)19/h2-3,6-7,15H,1,4-5H2. The van der Waals surface area contributed by atoms with E-state index in [2.05, 4.69) is 5.32 Å². The van der Waals surface area contributed by atoms with Crippen LogP contribution in [0.2, 0.25) is 0 Å². The number of hydrogen-bond acceptors (Lipinski definition) is 4. The van der Waals surface area contributed by atoms with Crippen molar-refractivity contribution in [1.29, 1.82) is 0 Å². The highest BCUT2D eigenvalue weighted by Crippen LogP contribution is 2.26. The molecule has 19 heavy (non-hydrogen) atoms. The number of alkyl halides is 3. The molecule has 104 valence electrons. The van der Waals surface area contributed by atoms with Gasteiger partial charge in [0.15, 0.2) is 0 Å². The zero-order chi connectivity index (χ0) is 14.5. The lowest BCUT2D eigenvalue weighted by atomic mass is 10.2. The maximum atomic E-state index is 11.9. The number of nitro benzene ring substituents is 1. The number of carbonyl (C=O) groups excluding carboxylic acids is 1. The minimum atomic E-state index is -4.24. The van der Waals surface area contributed by atoms with E-state index in [4.69, 9.17) is 0 Å². The SMILES string of the molecule is O=Cc1ccc(NCCCC(F)(F)F)c([N+](=O)[O-])c1. The Hall–Kier alpha value is -2.12. The first kappa shape index (κ1) is 14.9. The number of benzene rings is 1. The van der Waals surface area contributed by atoms with E-state index in [0.29, 0.717) is 6.29 Å². The van der Waals surface area contributed by atoms with E-state index < -0.39 is 17.5 Å². The predicted octanol–water partition coefficient (Wildman–Crippen LogP) is 3.16. The van der Waals surface area contributed by atoms with Crippen molar-refractivity contribution < 1.29 is 22.9 Å². The third-order valence-corrected chi connectivity index (χ3v) is 2.31. The molecule has 0 radical (unpaired) electrons. The Morgan fingerprint density at radius 2 is 2.05 bits per heavy atom. The molecular formula is C11H11F3N2O3. The smallest absolute Gasteiger partial charge is 0.379 e. The van der Waals surface area contributed by atoms with Crippen molar-refractivity contribution in [3.63, 3.8) is 0 Å². The van der Waals surface area contributed by atoms with Crippen LogP contribution in [-0.2, 0) is 0 Å². The summed E-state index contributed by atoms with van der Waals surface area (Å²) in [6.45, 7) is -0.0409. The van der Waals surface area contributed by atoms with Gasteiger partial charge in [-0.25, -0.2) is 0 Å². The van der Waals surface area contributed by atoms with Crippen LogP contribution in [0.3, 0.4) is 0 Å². The quantitative estimate of drug-likeness (QED) is 0.375. The average molecular weight is 276 g/mol. The zero-order valence-corrected chi connectivity index (χ0v) is 9.74. The summed E-state index contributed by atoms with van der Waals surface area (Å²) in [7, 11) is 0. The molecule has 5 nitrogen and oxygen atoms in total. The van der Waals surface area contributed by atoms with E-state index in [1.807, 2.05) is 0 Å². The number of halogens is 3. The van der Waals surface area contributed by atoms with Crippen molar-refractivity contribution in [3.8, 4) is 0 Å². The van der Waals surface area contributed by atoms with Crippen molar-refractivity contribution in [2.75, 3.05) is 11.9 Å². The first-order valence-electron chi connectivity index (χ1n) is 5.38. The Balaban J connectivity index is 2.67. The molecule has 0 aliphatic carbocycles. The first-order valence-corrected chi connectivity index (χ1v) is 5.38. The number of carbonyl (C=O) groups is 1. The van der Waals surface area contributed by atoms with Crippen LogP contribution in [-0.4, -0.2) is 23.9 Å². The fraction of sp³-hybridized carbons (Fsp3) is 0.364. The number of anilines is 1. The maximum Gasteiger partial charge on any atom is 0.389 e. The normalized spacial score (nSPS) is 11.1. The lowest BCUT2D eigenvalue weighted by molar-refractivity contribution is -0.384. The highest BCUT2D eigenvalue weighted by atomic mass is 19.4. The van der Waals surface area contributed by atoms with Crippen LogP contribution in [0.5, 0.6) is 0 Å². The van der Waals surface area contributed by atoms with Gasteiger partial charge in [0.1, 0.15) is 12.0 Å². The summed E-state index contributed by atoms with van der Waals surface area (Å²) in [6, 6.07) is 3.72. The molecule has 0 aliphatic rings. The Labute approximate surface area is 106 Å². The number of rotatable bonds is 6. The van der Waals surface area contributed by atoms with Crippen LogP contribution < -0.4 is 5.32 Å². The molecule has 0 spiro atoms. The van der Waals surface area contributed by atoms with Gasteiger partial charge in [0.2, 0.25) is 0 Å². The molecule has 1 aromatic carbocycles. The summed E-state index contributed by atoms with van der Waals surface area (Å²) < 4.78 is 35.7. The molecule has 0 fully saturated rings. The molecule has 0 saturated carbocycles. The topological polar surface area (TPSA) is 72.2 Å². The molecule has 0 saturated heterocycles. The molecule has 0 amide bonds. The van der Waals surface area contributed by atoms with Crippen LogP contribution in [0.4, 0.5) is 24.5 Å². The van der Waals surface area contributed by atoms with Gasteiger partial charge in [0.25, 0.3) is 5.69 Å². The lowest BCUT2D eigenvalue weighted by Gasteiger charge is -2.09. The van der Waals surface area contributed by atoms with E-state index >= 15 is 0 Å². The predicted molar refractivity (Wildman–Crippen MR) is 62.3 cm³/mol. The molecule has 0 atom stereocenters. The summed E-state index contributed by atoms with van der Waals surface area (Å²) in [6.07, 6.45) is -4.92. The maximum absolute atomic E-state index is 11.9. The Morgan fingerprint density at radius 1 is 1.37 bits per heavy atom. The average Bonchev–Trinajstić information content (AvgIpc) is 2.33. The molecule has 0 aromatic heterocycles. The molecule has 0 aliphatic heterocycles. The lowest BCUT2D eigenvalue weighted by Crippen LogP contribution is -2.11. The van der Waals surface area contributed by atoms with Gasteiger partial charge in [-0.2, -0.15) is 13.2 Å². The van der Waals surface area contributed by atoms with Crippen LogP contribution in [0.15, 0.2) is 18.2 Å². The van der Waals surface area contributed by atoms with Crippen molar-refractivity contribution >= 4 is 17.7 Å². The third-order valence-electron chi connectivity index (χ3n) is 2.31. The number of hydrogen-bond donors (Lipinski definition) is 1. The van der Waals surface area contributed by atoms with E-state index in [1.165, 1.54) is 12.1 Å². The molecule has 0 unspecified atom stereocenters. The largest absolute Gasteiger partial charge is 0.389 e. The van der Waals surface area contributed by atoms with Gasteiger partial charge in [-0.1, -0.05) is 0 Å². The van der Waals surface area contributed by atoms with E-state index in [0.717, 1.165) is 6.07 Å². The van der Waals surface area contributed by atoms with E-state index in [-0.39, 0.29) is 29.9 Å². The first-order chi connectivity index (χ1) is 8.83. The summed E-state index contributed by atoms with van der Waals surface area (Å²) in [4.78, 5) is 20.6. The second-order valence-corrected chi connectivity index (χ2v) is 3.80. The Morgan fingerprint density at radius 3 is 2.58 bits per heavy atom.